The molecule has 0 saturated carbocycles. The van der Waals surface area contributed by atoms with Gasteiger partial charge in [0.1, 0.15) is 5.82 Å². The zero-order valence-corrected chi connectivity index (χ0v) is 8.68. The number of anilines is 2. The molecule has 78 valence electrons. The molecule has 0 saturated heterocycles. The molecule has 0 amide bonds. The van der Waals surface area contributed by atoms with Crippen LogP contribution in [-0.4, -0.2) is 6.54 Å². The number of hydrogen-bond donors (Lipinski definition) is 2. The van der Waals surface area contributed by atoms with Crippen LogP contribution in [0.5, 0.6) is 0 Å². The highest BCUT2D eigenvalue weighted by Crippen LogP contribution is 2.19. The molecule has 1 atom stereocenters. The van der Waals surface area contributed by atoms with Crippen molar-refractivity contribution >= 4 is 11.4 Å². The van der Waals surface area contributed by atoms with Crippen LogP contribution in [0.15, 0.2) is 18.2 Å². The second kappa shape index (κ2) is 4.84. The van der Waals surface area contributed by atoms with Gasteiger partial charge < -0.3 is 11.1 Å². The van der Waals surface area contributed by atoms with E-state index >= 15 is 0 Å². The van der Waals surface area contributed by atoms with E-state index in [1.165, 1.54) is 12.1 Å². The van der Waals surface area contributed by atoms with Crippen molar-refractivity contribution in [1.82, 2.24) is 0 Å². The van der Waals surface area contributed by atoms with Crippen LogP contribution < -0.4 is 11.1 Å². The second-order valence-corrected chi connectivity index (χ2v) is 3.63. The number of nitrogens with one attached hydrogen (secondary N) is 1. The summed E-state index contributed by atoms with van der Waals surface area (Å²) in [6.07, 6.45) is 1.10. The van der Waals surface area contributed by atoms with Crippen LogP contribution in [0.1, 0.15) is 20.3 Å². The minimum atomic E-state index is -0.258. The normalized spacial score (nSPS) is 12.5. The highest BCUT2D eigenvalue weighted by atomic mass is 19.1. The first-order chi connectivity index (χ1) is 6.63. The molecule has 3 heteroatoms. The van der Waals surface area contributed by atoms with Crippen LogP contribution in [0.4, 0.5) is 15.8 Å². The van der Waals surface area contributed by atoms with Crippen molar-refractivity contribution in [2.75, 3.05) is 17.6 Å². The fourth-order valence-corrected chi connectivity index (χ4v) is 1.11. The van der Waals surface area contributed by atoms with Gasteiger partial charge in [-0.1, -0.05) is 20.3 Å². The van der Waals surface area contributed by atoms with Crippen molar-refractivity contribution in [3.05, 3.63) is 24.0 Å². The largest absolute Gasteiger partial charge is 0.397 e. The van der Waals surface area contributed by atoms with E-state index in [1.54, 1.807) is 6.07 Å². The smallest absolute Gasteiger partial charge is 0.125 e. The first-order valence-electron chi connectivity index (χ1n) is 4.92. The molecular weight excluding hydrogens is 179 g/mol. The number of nitrogens with two attached hydrogens (primary N) is 1. The van der Waals surface area contributed by atoms with Gasteiger partial charge in [-0.2, -0.15) is 0 Å². The molecule has 1 aromatic carbocycles. The molecule has 14 heavy (non-hydrogen) atoms. The van der Waals surface area contributed by atoms with Crippen molar-refractivity contribution in [1.29, 1.82) is 0 Å². The molecule has 0 aliphatic carbocycles. The van der Waals surface area contributed by atoms with Crippen LogP contribution in [0, 0.1) is 11.7 Å². The third kappa shape index (κ3) is 2.91. The first-order valence-corrected chi connectivity index (χ1v) is 4.92. The predicted octanol–water partition coefficient (Wildman–Crippen LogP) is 2.87. The maximum Gasteiger partial charge on any atom is 0.125 e. The van der Waals surface area contributed by atoms with E-state index in [2.05, 4.69) is 19.2 Å². The van der Waals surface area contributed by atoms with Crippen LogP contribution in [0.3, 0.4) is 0 Å². The van der Waals surface area contributed by atoms with E-state index in [-0.39, 0.29) is 5.82 Å². The third-order valence-corrected chi connectivity index (χ3v) is 2.35. The second-order valence-electron chi connectivity index (χ2n) is 3.63. The van der Waals surface area contributed by atoms with Gasteiger partial charge in [0, 0.05) is 6.54 Å². The Balaban J connectivity index is 2.62. The van der Waals surface area contributed by atoms with Gasteiger partial charge >= 0.3 is 0 Å². The summed E-state index contributed by atoms with van der Waals surface area (Å²) in [4.78, 5) is 0. The van der Waals surface area contributed by atoms with Crippen LogP contribution in [0.2, 0.25) is 0 Å². The Morgan fingerprint density at radius 2 is 2.21 bits per heavy atom. The SMILES string of the molecule is CCC(C)CNc1cc(F)ccc1N. The monoisotopic (exact) mass is 196 g/mol. The van der Waals surface area contributed by atoms with Crippen molar-refractivity contribution in [3.63, 3.8) is 0 Å². The van der Waals surface area contributed by atoms with Crippen molar-refractivity contribution in [2.45, 2.75) is 20.3 Å². The van der Waals surface area contributed by atoms with Gasteiger partial charge in [0.05, 0.1) is 11.4 Å². The van der Waals surface area contributed by atoms with E-state index in [1.807, 2.05) is 0 Å². The zero-order chi connectivity index (χ0) is 10.6. The van der Waals surface area contributed by atoms with Gasteiger partial charge in [-0.3, -0.25) is 0 Å². The molecule has 0 spiro atoms. The van der Waals surface area contributed by atoms with Gasteiger partial charge in [0.15, 0.2) is 0 Å². The first kappa shape index (κ1) is 10.8. The Kier molecular flexibility index (Phi) is 3.74. The Morgan fingerprint density at radius 3 is 2.86 bits per heavy atom. The summed E-state index contributed by atoms with van der Waals surface area (Å²) >= 11 is 0. The lowest BCUT2D eigenvalue weighted by molar-refractivity contribution is 0.592. The van der Waals surface area contributed by atoms with Gasteiger partial charge in [-0.05, 0) is 24.1 Å². The van der Waals surface area contributed by atoms with Gasteiger partial charge in [0.25, 0.3) is 0 Å². The lowest BCUT2D eigenvalue weighted by atomic mass is 10.1. The Hall–Kier alpha value is -1.25. The fourth-order valence-electron chi connectivity index (χ4n) is 1.11. The summed E-state index contributed by atoms with van der Waals surface area (Å²) in [5, 5.41) is 3.14. The molecule has 0 heterocycles. The summed E-state index contributed by atoms with van der Waals surface area (Å²) in [5.41, 5.74) is 6.97. The molecule has 0 bridgehead atoms. The number of halogens is 1. The zero-order valence-electron chi connectivity index (χ0n) is 8.68. The number of rotatable bonds is 4. The lowest BCUT2D eigenvalue weighted by Gasteiger charge is -2.13. The molecule has 0 aliphatic rings. The Labute approximate surface area is 84.3 Å². The van der Waals surface area contributed by atoms with E-state index in [9.17, 15) is 4.39 Å². The van der Waals surface area contributed by atoms with Crippen molar-refractivity contribution < 1.29 is 4.39 Å². The summed E-state index contributed by atoms with van der Waals surface area (Å²) in [7, 11) is 0. The highest BCUT2D eigenvalue weighted by Gasteiger charge is 2.02. The average molecular weight is 196 g/mol. The van der Waals surface area contributed by atoms with Gasteiger partial charge in [0.2, 0.25) is 0 Å². The fraction of sp³-hybridized carbons (Fsp3) is 0.455. The van der Waals surface area contributed by atoms with Crippen LogP contribution in [-0.2, 0) is 0 Å². The lowest BCUT2D eigenvalue weighted by Crippen LogP contribution is -2.11. The summed E-state index contributed by atoms with van der Waals surface area (Å²) in [6, 6.07) is 4.37. The number of benzene rings is 1. The van der Waals surface area contributed by atoms with E-state index < -0.39 is 0 Å². The van der Waals surface area contributed by atoms with E-state index in [4.69, 9.17) is 5.73 Å². The summed E-state index contributed by atoms with van der Waals surface area (Å²) in [5.74, 6) is 0.309. The van der Waals surface area contributed by atoms with Crippen LogP contribution >= 0.6 is 0 Å². The van der Waals surface area contributed by atoms with Crippen molar-refractivity contribution in [2.24, 2.45) is 5.92 Å². The van der Waals surface area contributed by atoms with E-state index in [0.29, 0.717) is 17.3 Å². The molecular formula is C11H17FN2. The molecule has 0 radical (unpaired) electrons. The molecule has 3 N–H and O–H groups in total. The van der Waals surface area contributed by atoms with Crippen LogP contribution in [0.25, 0.3) is 0 Å². The minimum absolute atomic E-state index is 0.258. The number of hydrogen-bond acceptors (Lipinski definition) is 2. The van der Waals surface area contributed by atoms with E-state index in [0.717, 1.165) is 13.0 Å². The number of nitrogen functional groups attached to an aromatic ring is 1. The summed E-state index contributed by atoms with van der Waals surface area (Å²) in [6.45, 7) is 5.09. The maximum atomic E-state index is 12.9. The average Bonchev–Trinajstić information content (AvgIpc) is 2.19. The predicted molar refractivity (Wildman–Crippen MR) is 58.8 cm³/mol. The topological polar surface area (TPSA) is 38.0 Å². The van der Waals surface area contributed by atoms with Gasteiger partial charge in [-0.15, -0.1) is 0 Å². The van der Waals surface area contributed by atoms with Gasteiger partial charge in [-0.25, -0.2) is 4.39 Å². The molecule has 0 fully saturated rings. The molecule has 1 unspecified atom stereocenters. The molecule has 1 aromatic rings. The van der Waals surface area contributed by atoms with Crippen molar-refractivity contribution in [3.8, 4) is 0 Å². The quantitative estimate of drug-likeness (QED) is 0.727. The molecule has 1 rings (SSSR count). The maximum absolute atomic E-state index is 12.9. The standard InChI is InChI=1S/C11H17FN2/c1-3-8(2)7-14-11-6-9(12)4-5-10(11)13/h4-6,8,14H,3,7,13H2,1-2H3. The Bertz CT molecular complexity index is 299. The highest BCUT2D eigenvalue weighted by molar-refractivity contribution is 5.65. The third-order valence-electron chi connectivity index (χ3n) is 2.35. The molecule has 0 aliphatic heterocycles. The Morgan fingerprint density at radius 1 is 1.50 bits per heavy atom. The minimum Gasteiger partial charge on any atom is -0.397 e. The molecule has 2 nitrogen and oxygen atoms in total. The summed E-state index contributed by atoms with van der Waals surface area (Å²) < 4.78 is 12.9. The molecule has 0 aromatic heterocycles.